The molecular weight excluding hydrogens is 296 g/mol. The van der Waals surface area contributed by atoms with Gasteiger partial charge in [0.25, 0.3) is 0 Å². The molecule has 1 aromatic heterocycles. The highest BCUT2D eigenvalue weighted by Crippen LogP contribution is 2.23. The van der Waals surface area contributed by atoms with Crippen LogP contribution in [0.4, 0.5) is 0 Å². The van der Waals surface area contributed by atoms with Crippen LogP contribution in [-0.2, 0) is 16.4 Å². The van der Waals surface area contributed by atoms with Crippen LogP contribution in [-0.4, -0.2) is 25.7 Å². The van der Waals surface area contributed by atoms with E-state index in [0.29, 0.717) is 6.54 Å². The van der Waals surface area contributed by atoms with Gasteiger partial charge in [-0.25, -0.2) is 13.1 Å². The zero-order chi connectivity index (χ0) is 16.0. The van der Waals surface area contributed by atoms with Gasteiger partial charge in [-0.1, -0.05) is 30.3 Å². The molecule has 0 aliphatic carbocycles. The number of hydrogen-bond acceptors (Lipinski definition) is 3. The van der Waals surface area contributed by atoms with E-state index in [0.717, 1.165) is 12.0 Å². The van der Waals surface area contributed by atoms with Crippen LogP contribution in [0.1, 0.15) is 29.5 Å². The Morgan fingerprint density at radius 3 is 2.59 bits per heavy atom. The Kier molecular flexibility index (Phi) is 5.69. The third kappa shape index (κ3) is 4.64. The molecule has 0 aliphatic rings. The minimum absolute atomic E-state index is 0.0896. The van der Waals surface area contributed by atoms with E-state index in [9.17, 15) is 8.42 Å². The number of nitrogens with one attached hydrogen (secondary N) is 1. The van der Waals surface area contributed by atoms with Crippen LogP contribution in [0, 0.1) is 6.92 Å². The van der Waals surface area contributed by atoms with Gasteiger partial charge in [-0.3, -0.25) is 4.98 Å². The first-order chi connectivity index (χ1) is 10.5. The zero-order valence-corrected chi connectivity index (χ0v) is 13.8. The van der Waals surface area contributed by atoms with Crippen LogP contribution in [0.25, 0.3) is 0 Å². The van der Waals surface area contributed by atoms with Crippen molar-refractivity contribution in [2.45, 2.75) is 26.2 Å². The lowest BCUT2D eigenvalue weighted by Crippen LogP contribution is -2.30. The van der Waals surface area contributed by atoms with Crippen LogP contribution in [0.2, 0.25) is 0 Å². The molecule has 1 atom stereocenters. The number of hydrogen-bond donors (Lipinski definition) is 1. The predicted molar refractivity (Wildman–Crippen MR) is 89.3 cm³/mol. The third-order valence-electron chi connectivity index (χ3n) is 3.76. The molecule has 0 amide bonds. The highest BCUT2D eigenvalue weighted by molar-refractivity contribution is 7.89. The molecule has 1 unspecified atom stereocenters. The van der Waals surface area contributed by atoms with Gasteiger partial charge >= 0.3 is 0 Å². The molecule has 1 aromatic carbocycles. The van der Waals surface area contributed by atoms with Gasteiger partial charge < -0.3 is 0 Å². The Morgan fingerprint density at radius 1 is 1.18 bits per heavy atom. The summed E-state index contributed by atoms with van der Waals surface area (Å²) in [6.07, 6.45) is 4.33. The molecule has 2 rings (SSSR count). The number of aromatic nitrogens is 1. The molecule has 118 valence electrons. The SMILES string of the molecule is CCS(=O)(=O)NCC(Cc1cccnc1)c1ccccc1C. The van der Waals surface area contributed by atoms with Crippen molar-refractivity contribution in [1.82, 2.24) is 9.71 Å². The van der Waals surface area contributed by atoms with Crippen LogP contribution < -0.4 is 4.72 Å². The van der Waals surface area contributed by atoms with Crippen molar-refractivity contribution >= 4 is 10.0 Å². The third-order valence-corrected chi connectivity index (χ3v) is 5.13. The van der Waals surface area contributed by atoms with E-state index in [1.807, 2.05) is 30.5 Å². The molecule has 22 heavy (non-hydrogen) atoms. The summed E-state index contributed by atoms with van der Waals surface area (Å²) in [6, 6.07) is 12.0. The number of pyridine rings is 1. The van der Waals surface area contributed by atoms with Gasteiger partial charge in [0, 0.05) is 24.9 Å². The Bertz CT molecular complexity index is 700. The lowest BCUT2D eigenvalue weighted by molar-refractivity contribution is 0.569. The van der Waals surface area contributed by atoms with Gasteiger partial charge in [-0.15, -0.1) is 0 Å². The van der Waals surface area contributed by atoms with Crippen molar-refractivity contribution in [1.29, 1.82) is 0 Å². The van der Waals surface area contributed by atoms with Crippen LogP contribution in [0.5, 0.6) is 0 Å². The number of sulfonamides is 1. The number of nitrogens with zero attached hydrogens (tertiary/aromatic N) is 1. The Labute approximate surface area is 132 Å². The van der Waals surface area contributed by atoms with E-state index in [1.165, 1.54) is 11.1 Å². The highest BCUT2D eigenvalue weighted by Gasteiger charge is 2.17. The van der Waals surface area contributed by atoms with E-state index in [2.05, 4.69) is 28.8 Å². The lowest BCUT2D eigenvalue weighted by Gasteiger charge is -2.20. The maximum absolute atomic E-state index is 11.7. The van der Waals surface area contributed by atoms with E-state index < -0.39 is 10.0 Å². The fraction of sp³-hybridized carbons (Fsp3) is 0.353. The Morgan fingerprint density at radius 2 is 1.95 bits per heavy atom. The van der Waals surface area contributed by atoms with Gasteiger partial charge in [-0.05, 0) is 43.0 Å². The second-order valence-corrected chi connectivity index (χ2v) is 7.47. The lowest BCUT2D eigenvalue weighted by atomic mass is 9.90. The van der Waals surface area contributed by atoms with Crippen LogP contribution in [0.15, 0.2) is 48.8 Å². The molecule has 0 saturated carbocycles. The standard InChI is InChI=1S/C17H22N2O2S/c1-3-22(20,21)19-13-16(11-15-8-6-10-18-12-15)17-9-5-4-7-14(17)2/h4-10,12,16,19H,3,11,13H2,1-2H3. The average molecular weight is 318 g/mol. The van der Waals surface area contributed by atoms with Crippen molar-refractivity contribution < 1.29 is 8.42 Å². The topological polar surface area (TPSA) is 59.1 Å². The number of rotatable bonds is 7. The molecule has 0 saturated heterocycles. The maximum Gasteiger partial charge on any atom is 0.211 e. The molecule has 0 spiro atoms. The summed E-state index contributed by atoms with van der Waals surface area (Å²) in [7, 11) is -3.19. The maximum atomic E-state index is 11.7. The number of aryl methyl sites for hydroxylation is 1. The van der Waals surface area contributed by atoms with Crippen LogP contribution >= 0.6 is 0 Å². The van der Waals surface area contributed by atoms with E-state index >= 15 is 0 Å². The predicted octanol–water partition coefficient (Wildman–Crippen LogP) is 2.66. The van der Waals surface area contributed by atoms with Crippen molar-refractivity contribution in [3.63, 3.8) is 0 Å². The van der Waals surface area contributed by atoms with Gasteiger partial charge in [0.05, 0.1) is 5.75 Å². The fourth-order valence-corrected chi connectivity index (χ4v) is 3.13. The Balaban J connectivity index is 2.23. The van der Waals surface area contributed by atoms with Gasteiger partial charge in [-0.2, -0.15) is 0 Å². The molecule has 1 N–H and O–H groups in total. The zero-order valence-electron chi connectivity index (χ0n) is 13.0. The molecule has 1 heterocycles. The highest BCUT2D eigenvalue weighted by atomic mass is 32.2. The summed E-state index contributed by atoms with van der Waals surface area (Å²) in [6.45, 7) is 4.10. The summed E-state index contributed by atoms with van der Waals surface area (Å²) in [5, 5.41) is 0. The second kappa shape index (κ2) is 7.51. The fourth-order valence-electron chi connectivity index (χ4n) is 2.47. The summed E-state index contributed by atoms with van der Waals surface area (Å²) < 4.78 is 26.2. The molecule has 4 nitrogen and oxygen atoms in total. The molecule has 2 aromatic rings. The quantitative estimate of drug-likeness (QED) is 0.854. The van der Waals surface area contributed by atoms with Crippen molar-refractivity contribution in [3.8, 4) is 0 Å². The average Bonchev–Trinajstić information content (AvgIpc) is 2.53. The minimum atomic E-state index is -3.19. The second-order valence-electron chi connectivity index (χ2n) is 5.37. The molecule has 0 bridgehead atoms. The van der Waals surface area contributed by atoms with E-state index in [-0.39, 0.29) is 11.7 Å². The summed E-state index contributed by atoms with van der Waals surface area (Å²) in [5.41, 5.74) is 3.45. The van der Waals surface area contributed by atoms with Gasteiger partial charge in [0.2, 0.25) is 10.0 Å². The van der Waals surface area contributed by atoms with Gasteiger partial charge in [0.15, 0.2) is 0 Å². The summed E-state index contributed by atoms with van der Waals surface area (Å²) >= 11 is 0. The Hall–Kier alpha value is -1.72. The summed E-state index contributed by atoms with van der Waals surface area (Å²) in [5.74, 6) is 0.187. The minimum Gasteiger partial charge on any atom is -0.264 e. The normalized spacial score (nSPS) is 13.0. The molecule has 5 heteroatoms. The smallest absolute Gasteiger partial charge is 0.211 e. The first-order valence-corrected chi connectivity index (χ1v) is 9.09. The molecule has 0 fully saturated rings. The molecule has 0 aliphatic heterocycles. The number of benzene rings is 1. The monoisotopic (exact) mass is 318 g/mol. The van der Waals surface area contributed by atoms with E-state index in [1.54, 1.807) is 13.1 Å². The van der Waals surface area contributed by atoms with Crippen molar-refractivity contribution in [2.24, 2.45) is 0 Å². The largest absolute Gasteiger partial charge is 0.264 e. The molecular formula is C17H22N2O2S. The van der Waals surface area contributed by atoms with Gasteiger partial charge in [0.1, 0.15) is 0 Å². The van der Waals surface area contributed by atoms with Crippen molar-refractivity contribution in [3.05, 3.63) is 65.5 Å². The first-order valence-electron chi connectivity index (χ1n) is 7.43. The van der Waals surface area contributed by atoms with Crippen LogP contribution in [0.3, 0.4) is 0 Å². The molecule has 0 radical (unpaired) electrons. The first kappa shape index (κ1) is 16.6. The van der Waals surface area contributed by atoms with Crippen molar-refractivity contribution in [2.75, 3.05) is 12.3 Å². The summed E-state index contributed by atoms with van der Waals surface area (Å²) in [4.78, 5) is 4.14. The van der Waals surface area contributed by atoms with E-state index in [4.69, 9.17) is 0 Å².